The summed E-state index contributed by atoms with van der Waals surface area (Å²) in [5, 5.41) is 11.2. The molecule has 6 nitrogen and oxygen atoms in total. The molecule has 28 heavy (non-hydrogen) atoms. The molecule has 8 heteroatoms. The molecule has 3 aromatic heterocycles. The normalized spacial score (nSPS) is 11.2. The Morgan fingerprint density at radius 1 is 1.11 bits per heavy atom. The summed E-state index contributed by atoms with van der Waals surface area (Å²) in [5.41, 5.74) is 2.83. The number of thioether (sulfide) groups is 1. The molecule has 0 saturated carbocycles. The fraction of sp³-hybridized carbons (Fsp3) is 0.200. The Morgan fingerprint density at radius 3 is 2.75 bits per heavy atom. The first kappa shape index (κ1) is 18.9. The first-order valence-corrected chi connectivity index (χ1v) is 10.1. The summed E-state index contributed by atoms with van der Waals surface area (Å²) < 4.78 is 7.32. The minimum Gasteiger partial charge on any atom is -0.383 e. The van der Waals surface area contributed by atoms with Gasteiger partial charge in [-0.05, 0) is 24.3 Å². The number of halogens is 1. The molecule has 0 N–H and O–H groups in total. The van der Waals surface area contributed by atoms with Crippen LogP contribution in [0.25, 0.3) is 22.3 Å². The van der Waals surface area contributed by atoms with Gasteiger partial charge in [-0.25, -0.2) is 4.98 Å². The Labute approximate surface area is 171 Å². The van der Waals surface area contributed by atoms with Gasteiger partial charge in [0.1, 0.15) is 5.15 Å². The van der Waals surface area contributed by atoms with Gasteiger partial charge in [-0.15, -0.1) is 10.2 Å². The van der Waals surface area contributed by atoms with E-state index in [9.17, 15) is 0 Å². The fourth-order valence-corrected chi connectivity index (χ4v) is 4.10. The second kappa shape index (κ2) is 8.68. The van der Waals surface area contributed by atoms with Crippen LogP contribution in [0.5, 0.6) is 0 Å². The van der Waals surface area contributed by atoms with E-state index in [0.717, 1.165) is 33.0 Å². The molecule has 0 unspecified atom stereocenters. The van der Waals surface area contributed by atoms with Crippen molar-refractivity contribution in [1.29, 1.82) is 0 Å². The van der Waals surface area contributed by atoms with Crippen LogP contribution in [0, 0.1) is 0 Å². The maximum absolute atomic E-state index is 6.40. The minimum absolute atomic E-state index is 0.517. The zero-order valence-electron chi connectivity index (χ0n) is 15.2. The Kier molecular flexibility index (Phi) is 5.85. The molecule has 0 amide bonds. The topological polar surface area (TPSA) is 65.7 Å². The molecule has 0 saturated heterocycles. The number of rotatable bonds is 7. The molecule has 0 aliphatic carbocycles. The highest BCUT2D eigenvalue weighted by atomic mass is 35.5. The maximum Gasteiger partial charge on any atom is 0.191 e. The molecule has 1 aromatic carbocycles. The van der Waals surface area contributed by atoms with Crippen LogP contribution in [-0.2, 0) is 17.0 Å². The van der Waals surface area contributed by atoms with Crippen LogP contribution in [0.1, 0.15) is 5.56 Å². The van der Waals surface area contributed by atoms with Crippen LogP contribution < -0.4 is 0 Å². The highest BCUT2D eigenvalue weighted by molar-refractivity contribution is 7.98. The molecule has 0 radical (unpaired) electrons. The van der Waals surface area contributed by atoms with Crippen molar-refractivity contribution in [2.75, 3.05) is 13.7 Å². The standard InChI is InChI=1S/C20H18ClN5OS/c1-27-11-10-26-19(14-6-8-22-9-7-14)24-25-20(26)28-13-16-12-15-4-2-3-5-17(15)23-18(16)21/h2-9,12H,10-11,13H2,1H3. The zero-order valence-corrected chi connectivity index (χ0v) is 16.8. The number of hydrogen-bond donors (Lipinski definition) is 0. The number of benzene rings is 1. The van der Waals surface area contributed by atoms with Crippen molar-refractivity contribution >= 4 is 34.3 Å². The van der Waals surface area contributed by atoms with E-state index in [2.05, 4.69) is 30.8 Å². The van der Waals surface area contributed by atoms with E-state index < -0.39 is 0 Å². The van der Waals surface area contributed by atoms with Gasteiger partial charge in [0.2, 0.25) is 0 Å². The number of fused-ring (bicyclic) bond motifs is 1. The minimum atomic E-state index is 0.517. The van der Waals surface area contributed by atoms with Crippen LogP contribution in [0.2, 0.25) is 5.15 Å². The van der Waals surface area contributed by atoms with E-state index in [0.29, 0.717) is 24.1 Å². The number of para-hydroxylation sites is 1. The summed E-state index contributed by atoms with van der Waals surface area (Å²) in [5.74, 6) is 1.45. The van der Waals surface area contributed by atoms with Crippen molar-refractivity contribution in [3.05, 3.63) is 65.6 Å². The molecule has 0 spiro atoms. The van der Waals surface area contributed by atoms with Crippen molar-refractivity contribution in [3.63, 3.8) is 0 Å². The summed E-state index contributed by atoms with van der Waals surface area (Å²) in [4.78, 5) is 8.57. The first-order valence-electron chi connectivity index (χ1n) is 8.76. The van der Waals surface area contributed by atoms with Gasteiger partial charge in [0.25, 0.3) is 0 Å². The van der Waals surface area contributed by atoms with E-state index >= 15 is 0 Å². The van der Waals surface area contributed by atoms with Crippen LogP contribution in [0.4, 0.5) is 0 Å². The number of nitrogens with zero attached hydrogens (tertiary/aromatic N) is 5. The number of hydrogen-bond acceptors (Lipinski definition) is 6. The maximum atomic E-state index is 6.40. The van der Waals surface area contributed by atoms with Gasteiger partial charge in [-0.1, -0.05) is 41.6 Å². The number of pyridine rings is 2. The lowest BCUT2D eigenvalue weighted by atomic mass is 10.2. The van der Waals surface area contributed by atoms with Crippen LogP contribution in [0.15, 0.2) is 60.0 Å². The van der Waals surface area contributed by atoms with Crippen molar-refractivity contribution in [1.82, 2.24) is 24.7 Å². The van der Waals surface area contributed by atoms with E-state index in [1.165, 1.54) is 0 Å². The van der Waals surface area contributed by atoms with Crippen LogP contribution in [-0.4, -0.2) is 38.4 Å². The number of ether oxygens (including phenoxy) is 1. The smallest absolute Gasteiger partial charge is 0.191 e. The van der Waals surface area contributed by atoms with Gasteiger partial charge in [0.15, 0.2) is 11.0 Å². The molecular formula is C20H18ClN5OS. The zero-order chi connectivity index (χ0) is 19.3. The highest BCUT2D eigenvalue weighted by Crippen LogP contribution is 2.29. The second-order valence-corrected chi connectivity index (χ2v) is 7.41. The molecule has 142 valence electrons. The molecule has 0 aliphatic heterocycles. The third-order valence-corrected chi connectivity index (χ3v) is 5.62. The Bertz CT molecular complexity index is 1090. The fourth-order valence-electron chi connectivity index (χ4n) is 2.87. The van der Waals surface area contributed by atoms with Crippen molar-refractivity contribution in [2.45, 2.75) is 17.5 Å². The number of methoxy groups -OCH3 is 1. The molecular weight excluding hydrogens is 394 g/mol. The lowest BCUT2D eigenvalue weighted by Crippen LogP contribution is -2.07. The van der Waals surface area contributed by atoms with Gasteiger partial charge in [0, 0.05) is 41.8 Å². The summed E-state index contributed by atoms with van der Waals surface area (Å²) in [6.07, 6.45) is 3.50. The van der Waals surface area contributed by atoms with Gasteiger partial charge in [-0.2, -0.15) is 0 Å². The number of aromatic nitrogens is 5. The summed E-state index contributed by atoms with van der Waals surface area (Å²) in [6.45, 7) is 1.23. The molecule has 0 aliphatic rings. The molecule has 3 heterocycles. The molecule has 0 atom stereocenters. The SMILES string of the molecule is COCCn1c(SCc2cc3ccccc3nc2Cl)nnc1-c1ccncc1. The molecule has 4 rings (SSSR count). The van der Waals surface area contributed by atoms with Crippen molar-refractivity contribution < 1.29 is 4.74 Å². The van der Waals surface area contributed by atoms with Gasteiger partial charge < -0.3 is 4.74 Å². The molecule has 0 fully saturated rings. The average molecular weight is 412 g/mol. The van der Waals surface area contributed by atoms with E-state index in [4.69, 9.17) is 16.3 Å². The predicted molar refractivity (Wildman–Crippen MR) is 111 cm³/mol. The quantitative estimate of drug-likeness (QED) is 0.330. The van der Waals surface area contributed by atoms with Gasteiger partial charge in [-0.3, -0.25) is 9.55 Å². The third kappa shape index (κ3) is 4.01. The van der Waals surface area contributed by atoms with E-state index in [1.807, 2.05) is 36.4 Å². The monoisotopic (exact) mass is 411 g/mol. The Hall–Kier alpha value is -2.48. The second-order valence-electron chi connectivity index (χ2n) is 6.11. The van der Waals surface area contributed by atoms with Crippen molar-refractivity contribution in [3.8, 4) is 11.4 Å². The van der Waals surface area contributed by atoms with Gasteiger partial charge >= 0.3 is 0 Å². The van der Waals surface area contributed by atoms with E-state index in [1.54, 1.807) is 31.3 Å². The van der Waals surface area contributed by atoms with Crippen LogP contribution in [0.3, 0.4) is 0 Å². The largest absolute Gasteiger partial charge is 0.383 e. The lowest BCUT2D eigenvalue weighted by Gasteiger charge is -2.10. The third-order valence-electron chi connectivity index (χ3n) is 4.28. The summed E-state index contributed by atoms with van der Waals surface area (Å²) in [6, 6.07) is 13.9. The van der Waals surface area contributed by atoms with E-state index in [-0.39, 0.29) is 0 Å². The molecule has 0 bridgehead atoms. The Morgan fingerprint density at radius 2 is 1.93 bits per heavy atom. The predicted octanol–water partition coefficient (Wildman–Crippen LogP) is 4.48. The summed E-state index contributed by atoms with van der Waals surface area (Å²) >= 11 is 7.98. The lowest BCUT2D eigenvalue weighted by molar-refractivity contribution is 0.185. The first-order chi connectivity index (χ1) is 13.8. The highest BCUT2D eigenvalue weighted by Gasteiger charge is 2.15. The Balaban J connectivity index is 1.61. The molecule has 4 aromatic rings. The summed E-state index contributed by atoms with van der Waals surface area (Å²) in [7, 11) is 1.68. The van der Waals surface area contributed by atoms with Gasteiger partial charge in [0.05, 0.1) is 18.7 Å². The van der Waals surface area contributed by atoms with Crippen molar-refractivity contribution in [2.24, 2.45) is 0 Å². The van der Waals surface area contributed by atoms with Crippen LogP contribution >= 0.6 is 23.4 Å². The average Bonchev–Trinajstić information content (AvgIpc) is 3.14.